The van der Waals surface area contributed by atoms with Crippen molar-refractivity contribution in [1.82, 2.24) is 19.1 Å². The third kappa shape index (κ3) is 3.71. The summed E-state index contributed by atoms with van der Waals surface area (Å²) in [5, 5.41) is 3.50. The Morgan fingerprint density at radius 1 is 1.15 bits per heavy atom. The van der Waals surface area contributed by atoms with Crippen LogP contribution in [0.3, 0.4) is 0 Å². The van der Waals surface area contributed by atoms with Crippen LogP contribution in [-0.4, -0.2) is 26.2 Å². The number of ether oxygens (including phenoxy) is 1. The quantitative estimate of drug-likeness (QED) is 0.322. The molecule has 0 fully saturated rings. The minimum atomic E-state index is -0.305. The Kier molecular flexibility index (Phi) is 5.57. The molecule has 0 amide bonds. The van der Waals surface area contributed by atoms with Crippen molar-refractivity contribution in [2.24, 2.45) is 14.1 Å². The summed E-state index contributed by atoms with van der Waals surface area (Å²) in [7, 11) is 5.55. The van der Waals surface area contributed by atoms with Crippen molar-refractivity contribution in [3.8, 4) is 23.0 Å². The van der Waals surface area contributed by atoms with Crippen LogP contribution in [0.15, 0.2) is 65.5 Å². The summed E-state index contributed by atoms with van der Waals surface area (Å²) in [6.07, 6.45) is 3.72. The number of methoxy groups -OCH3 is 1. The molecule has 2 aromatic carbocycles. The van der Waals surface area contributed by atoms with Gasteiger partial charge in [-0.25, -0.2) is 19.7 Å². The highest BCUT2D eigenvalue weighted by atomic mass is 79.9. The van der Waals surface area contributed by atoms with Crippen LogP contribution in [0.5, 0.6) is 5.88 Å². The molecule has 0 unspecified atom stereocenters. The molecule has 172 valence electrons. The molecule has 0 spiro atoms. The Labute approximate surface area is 204 Å². The number of halogens is 2. The summed E-state index contributed by atoms with van der Waals surface area (Å²) in [6.45, 7) is 1.95. The molecule has 0 saturated carbocycles. The standard InChI is InChI=1S/C25H22BrFN6O/c1-15-13-33(14-28-15)21-10-11-22(32(3)25(21)34-4)29-19-6-5-7-20-23(19)30-24(31(20)2)16-8-9-18(27)17(26)12-16/h5-14H,1-4H3/p+1. The number of pyridine rings is 1. The Balaban J connectivity index is 1.57. The first kappa shape index (κ1) is 22.1. The molecule has 1 N–H and O–H groups in total. The zero-order valence-electron chi connectivity index (χ0n) is 19.2. The summed E-state index contributed by atoms with van der Waals surface area (Å²) < 4.78 is 25.8. The summed E-state index contributed by atoms with van der Waals surface area (Å²) in [6, 6.07) is 14.9. The third-order valence-corrected chi connectivity index (χ3v) is 6.43. The van der Waals surface area contributed by atoms with E-state index in [1.165, 1.54) is 6.07 Å². The van der Waals surface area contributed by atoms with Crippen molar-refractivity contribution < 1.29 is 13.7 Å². The maximum atomic E-state index is 13.8. The third-order valence-electron chi connectivity index (χ3n) is 5.82. The minimum Gasteiger partial charge on any atom is -0.464 e. The van der Waals surface area contributed by atoms with Crippen molar-refractivity contribution in [1.29, 1.82) is 0 Å². The van der Waals surface area contributed by atoms with Gasteiger partial charge >= 0.3 is 5.88 Å². The predicted octanol–water partition coefficient (Wildman–Crippen LogP) is 5.21. The van der Waals surface area contributed by atoms with Crippen LogP contribution in [0.1, 0.15) is 5.69 Å². The van der Waals surface area contributed by atoms with Gasteiger partial charge in [-0.2, -0.15) is 4.57 Å². The Bertz CT molecular complexity index is 1540. The van der Waals surface area contributed by atoms with E-state index in [0.29, 0.717) is 10.4 Å². The molecule has 0 radical (unpaired) electrons. The number of hydrogen-bond donors (Lipinski definition) is 1. The lowest BCUT2D eigenvalue weighted by Crippen LogP contribution is -2.34. The van der Waals surface area contributed by atoms with E-state index in [1.54, 1.807) is 25.6 Å². The number of fused-ring (bicyclic) bond motifs is 1. The number of hydrogen-bond acceptors (Lipinski definition) is 4. The average Bonchev–Trinajstić information content (AvgIpc) is 3.41. The van der Waals surface area contributed by atoms with Gasteiger partial charge < -0.3 is 9.30 Å². The van der Waals surface area contributed by atoms with Crippen LogP contribution in [0.25, 0.3) is 28.1 Å². The lowest BCUT2D eigenvalue weighted by molar-refractivity contribution is -0.662. The summed E-state index contributed by atoms with van der Waals surface area (Å²) in [4.78, 5) is 9.21. The van der Waals surface area contributed by atoms with Crippen molar-refractivity contribution in [3.05, 3.63) is 77.0 Å². The maximum Gasteiger partial charge on any atom is 0.308 e. The molecule has 0 saturated heterocycles. The van der Waals surface area contributed by atoms with Crippen LogP contribution in [0.4, 0.5) is 15.9 Å². The number of aromatic nitrogens is 5. The van der Waals surface area contributed by atoms with E-state index >= 15 is 0 Å². The van der Waals surface area contributed by atoms with Gasteiger partial charge in [0.1, 0.15) is 22.8 Å². The number of aryl methyl sites for hydroxylation is 2. The second-order valence-corrected chi connectivity index (χ2v) is 8.87. The molecule has 0 atom stereocenters. The number of imidazole rings is 2. The molecule has 0 aliphatic rings. The summed E-state index contributed by atoms with van der Waals surface area (Å²) in [5.74, 6) is 1.97. The normalized spacial score (nSPS) is 11.2. The fourth-order valence-electron chi connectivity index (χ4n) is 4.09. The van der Waals surface area contributed by atoms with Gasteiger partial charge in [-0.05, 0) is 59.3 Å². The van der Waals surface area contributed by atoms with Crippen LogP contribution in [0, 0.1) is 12.7 Å². The van der Waals surface area contributed by atoms with Gasteiger partial charge in [-0.15, -0.1) is 0 Å². The monoisotopic (exact) mass is 521 g/mol. The number of para-hydroxylation sites is 1. The van der Waals surface area contributed by atoms with Gasteiger partial charge in [0.05, 0.1) is 36.2 Å². The fourth-order valence-corrected chi connectivity index (χ4v) is 4.46. The number of benzene rings is 2. The Hall–Kier alpha value is -3.72. The smallest absolute Gasteiger partial charge is 0.308 e. The van der Waals surface area contributed by atoms with E-state index in [0.717, 1.165) is 45.3 Å². The Morgan fingerprint density at radius 2 is 1.97 bits per heavy atom. The minimum absolute atomic E-state index is 0.305. The van der Waals surface area contributed by atoms with Gasteiger partial charge in [0.15, 0.2) is 5.69 Å². The van der Waals surface area contributed by atoms with E-state index in [9.17, 15) is 4.39 Å². The van der Waals surface area contributed by atoms with E-state index in [2.05, 4.69) is 26.2 Å². The van der Waals surface area contributed by atoms with E-state index < -0.39 is 0 Å². The SMILES string of the molecule is COc1c(-n2cnc(C)c2)ccc(Nc2cccc3c2nc(-c2ccc(F)c(Br)c2)n3C)[n+]1C. The van der Waals surface area contributed by atoms with Crippen molar-refractivity contribution in [2.75, 3.05) is 12.4 Å². The zero-order chi connectivity index (χ0) is 24.0. The van der Waals surface area contributed by atoms with Crippen molar-refractivity contribution >= 4 is 38.5 Å². The van der Waals surface area contributed by atoms with E-state index in [1.807, 2.05) is 71.2 Å². The average molecular weight is 522 g/mol. The topological polar surface area (TPSA) is 60.8 Å². The molecule has 5 rings (SSSR count). The van der Waals surface area contributed by atoms with Crippen LogP contribution in [0.2, 0.25) is 0 Å². The molecule has 3 aromatic heterocycles. The van der Waals surface area contributed by atoms with Gasteiger partial charge in [0.25, 0.3) is 5.82 Å². The molecular weight excluding hydrogens is 499 g/mol. The number of nitrogens with one attached hydrogen (secondary N) is 1. The highest BCUT2D eigenvalue weighted by Crippen LogP contribution is 2.32. The second kappa shape index (κ2) is 8.57. The van der Waals surface area contributed by atoms with Crippen molar-refractivity contribution in [3.63, 3.8) is 0 Å². The van der Waals surface area contributed by atoms with Gasteiger partial charge in [0, 0.05) is 24.9 Å². The van der Waals surface area contributed by atoms with Gasteiger partial charge in [0.2, 0.25) is 0 Å². The fraction of sp³-hybridized carbons (Fsp3) is 0.160. The number of rotatable bonds is 5. The molecular formula is C25H23BrFN6O+. The second-order valence-electron chi connectivity index (χ2n) is 8.02. The molecule has 0 aliphatic carbocycles. The lowest BCUT2D eigenvalue weighted by atomic mass is 10.2. The maximum absolute atomic E-state index is 13.8. The van der Waals surface area contributed by atoms with E-state index in [-0.39, 0.29) is 5.82 Å². The molecule has 0 aliphatic heterocycles. The van der Waals surface area contributed by atoms with Crippen molar-refractivity contribution in [2.45, 2.75) is 6.92 Å². The summed E-state index contributed by atoms with van der Waals surface area (Å²) >= 11 is 3.27. The van der Waals surface area contributed by atoms with Crippen LogP contribution < -0.4 is 14.6 Å². The predicted molar refractivity (Wildman–Crippen MR) is 133 cm³/mol. The Morgan fingerprint density at radius 3 is 2.68 bits per heavy atom. The largest absolute Gasteiger partial charge is 0.464 e. The molecule has 9 heteroatoms. The highest BCUT2D eigenvalue weighted by Gasteiger charge is 2.21. The highest BCUT2D eigenvalue weighted by molar-refractivity contribution is 9.10. The molecule has 7 nitrogen and oxygen atoms in total. The first-order valence-corrected chi connectivity index (χ1v) is 11.4. The lowest BCUT2D eigenvalue weighted by Gasteiger charge is -2.12. The molecule has 3 heterocycles. The van der Waals surface area contributed by atoms with Gasteiger partial charge in [-0.1, -0.05) is 6.07 Å². The molecule has 0 bridgehead atoms. The molecule has 5 aromatic rings. The first-order chi connectivity index (χ1) is 16.4. The van der Waals surface area contributed by atoms with Crippen LogP contribution >= 0.6 is 15.9 Å². The van der Waals surface area contributed by atoms with Crippen LogP contribution in [-0.2, 0) is 14.1 Å². The summed E-state index contributed by atoms with van der Waals surface area (Å²) in [5.41, 5.74) is 5.26. The zero-order valence-corrected chi connectivity index (χ0v) is 20.8. The first-order valence-electron chi connectivity index (χ1n) is 10.6. The number of anilines is 2. The van der Waals surface area contributed by atoms with E-state index in [4.69, 9.17) is 9.72 Å². The van der Waals surface area contributed by atoms with Gasteiger partial charge in [-0.3, -0.25) is 4.57 Å². The molecule has 34 heavy (non-hydrogen) atoms. The number of nitrogens with zero attached hydrogens (tertiary/aromatic N) is 5.